The van der Waals surface area contributed by atoms with E-state index in [0.717, 1.165) is 5.56 Å². The van der Waals surface area contributed by atoms with E-state index in [1.165, 1.54) is 0 Å². The highest BCUT2D eigenvalue weighted by molar-refractivity contribution is 5.79. The van der Waals surface area contributed by atoms with Crippen molar-refractivity contribution in [2.75, 3.05) is 6.54 Å². The van der Waals surface area contributed by atoms with Crippen molar-refractivity contribution in [2.24, 2.45) is 5.73 Å². The maximum Gasteiger partial charge on any atom is 0.405 e. The van der Waals surface area contributed by atoms with E-state index in [9.17, 15) is 22.8 Å². The second-order valence-corrected chi connectivity index (χ2v) is 4.63. The monoisotopic (exact) mass is 318 g/mol. The van der Waals surface area contributed by atoms with E-state index in [-0.39, 0.29) is 19.4 Å². The lowest BCUT2D eigenvalue weighted by Gasteiger charge is -2.12. The second-order valence-electron chi connectivity index (χ2n) is 4.63. The zero-order chi connectivity index (χ0) is 16.6. The molecular weight excluding hydrogens is 301 g/mol. The second kappa shape index (κ2) is 8.38. The molecule has 0 aliphatic heterocycles. The predicted octanol–water partition coefficient (Wildman–Crippen LogP) is 1.52. The van der Waals surface area contributed by atoms with E-state index in [2.05, 4.69) is 0 Å². The fraction of sp³-hybridized carbons (Fsp3) is 0.429. The van der Waals surface area contributed by atoms with Crippen molar-refractivity contribution in [3.05, 3.63) is 35.9 Å². The number of amides is 1. The Hall–Kier alpha value is -2.09. The highest BCUT2D eigenvalue weighted by Gasteiger charge is 2.27. The van der Waals surface area contributed by atoms with Gasteiger partial charge in [-0.2, -0.15) is 13.2 Å². The third-order valence-corrected chi connectivity index (χ3v) is 2.70. The van der Waals surface area contributed by atoms with Crippen LogP contribution >= 0.6 is 0 Å². The first-order valence-corrected chi connectivity index (χ1v) is 6.57. The molecule has 0 aliphatic carbocycles. The molecule has 8 heteroatoms. The van der Waals surface area contributed by atoms with Crippen LogP contribution in [0.4, 0.5) is 13.2 Å². The number of nitrogens with two attached hydrogens (primary N) is 1. The average molecular weight is 318 g/mol. The minimum atomic E-state index is -4.47. The summed E-state index contributed by atoms with van der Waals surface area (Å²) in [6, 6.07) is 7.87. The summed E-state index contributed by atoms with van der Waals surface area (Å²) < 4.78 is 40.6. The Morgan fingerprint density at radius 3 is 2.45 bits per heavy atom. The van der Waals surface area contributed by atoms with Crippen molar-refractivity contribution < 1.29 is 27.5 Å². The molecule has 0 unspecified atom stereocenters. The standard InChI is InChI=1S/C14H17F3N2O3/c15-14(16,17)9-19-12(20)7-6-11(18)13(21)22-8-10-4-2-1-3-5-10/h1-5,11H,6-9,18H2,(H,19,20)/t11-/m0/s1. The van der Waals surface area contributed by atoms with Crippen LogP contribution < -0.4 is 11.1 Å². The van der Waals surface area contributed by atoms with Gasteiger partial charge in [0.05, 0.1) is 0 Å². The van der Waals surface area contributed by atoms with E-state index in [1.54, 1.807) is 29.6 Å². The summed E-state index contributed by atoms with van der Waals surface area (Å²) >= 11 is 0. The van der Waals surface area contributed by atoms with Crippen LogP contribution in [0.3, 0.4) is 0 Å². The molecule has 3 N–H and O–H groups in total. The topological polar surface area (TPSA) is 81.4 Å². The minimum absolute atomic E-state index is 0.0492. The molecule has 22 heavy (non-hydrogen) atoms. The van der Waals surface area contributed by atoms with E-state index < -0.39 is 30.6 Å². The molecular formula is C14H17F3N2O3. The molecule has 1 aromatic rings. The minimum Gasteiger partial charge on any atom is -0.460 e. The van der Waals surface area contributed by atoms with Gasteiger partial charge in [-0.25, -0.2) is 0 Å². The van der Waals surface area contributed by atoms with Gasteiger partial charge in [0.1, 0.15) is 19.2 Å². The summed E-state index contributed by atoms with van der Waals surface area (Å²) in [6.45, 7) is -1.35. The van der Waals surface area contributed by atoms with E-state index in [0.29, 0.717) is 0 Å². The first kappa shape index (κ1) is 18.0. The number of nitrogens with one attached hydrogen (secondary N) is 1. The lowest BCUT2D eigenvalue weighted by atomic mass is 10.1. The zero-order valence-electron chi connectivity index (χ0n) is 11.7. The molecule has 122 valence electrons. The number of carbonyl (C=O) groups is 2. The third-order valence-electron chi connectivity index (χ3n) is 2.70. The number of esters is 1. The first-order chi connectivity index (χ1) is 10.3. The fourth-order valence-corrected chi connectivity index (χ4v) is 1.53. The van der Waals surface area contributed by atoms with E-state index in [4.69, 9.17) is 10.5 Å². The maximum absolute atomic E-state index is 11.9. The summed E-state index contributed by atoms with van der Waals surface area (Å²) in [4.78, 5) is 22.8. The summed E-state index contributed by atoms with van der Waals surface area (Å²) in [5.41, 5.74) is 6.32. The molecule has 0 aromatic heterocycles. The zero-order valence-corrected chi connectivity index (χ0v) is 11.7. The number of benzene rings is 1. The Kier molecular flexibility index (Phi) is 6.84. The molecule has 0 heterocycles. The summed E-state index contributed by atoms with van der Waals surface area (Å²) in [5, 5.41) is 1.70. The van der Waals surface area contributed by atoms with Crippen LogP contribution in [0.15, 0.2) is 30.3 Å². The number of rotatable bonds is 7. The smallest absolute Gasteiger partial charge is 0.405 e. The van der Waals surface area contributed by atoms with Crippen LogP contribution in [-0.2, 0) is 20.9 Å². The Morgan fingerprint density at radius 1 is 1.23 bits per heavy atom. The molecule has 0 spiro atoms. The van der Waals surface area contributed by atoms with E-state index >= 15 is 0 Å². The van der Waals surface area contributed by atoms with Gasteiger partial charge in [-0.05, 0) is 12.0 Å². The van der Waals surface area contributed by atoms with Crippen molar-refractivity contribution in [2.45, 2.75) is 31.7 Å². The molecule has 0 saturated carbocycles. The van der Waals surface area contributed by atoms with Crippen molar-refractivity contribution in [1.82, 2.24) is 5.32 Å². The van der Waals surface area contributed by atoms with Gasteiger partial charge in [0.25, 0.3) is 0 Å². The van der Waals surface area contributed by atoms with Gasteiger partial charge in [-0.15, -0.1) is 0 Å². The van der Waals surface area contributed by atoms with Crippen molar-refractivity contribution >= 4 is 11.9 Å². The van der Waals surface area contributed by atoms with Crippen LogP contribution in [0.2, 0.25) is 0 Å². The van der Waals surface area contributed by atoms with Gasteiger partial charge in [0, 0.05) is 6.42 Å². The van der Waals surface area contributed by atoms with Crippen LogP contribution in [0, 0.1) is 0 Å². The Labute approximate surface area is 125 Å². The Morgan fingerprint density at radius 2 is 1.86 bits per heavy atom. The summed E-state index contributed by atoms with van der Waals surface area (Å²) in [7, 11) is 0. The van der Waals surface area contributed by atoms with Crippen LogP contribution in [0.25, 0.3) is 0 Å². The number of hydrogen-bond donors (Lipinski definition) is 2. The molecule has 1 amide bonds. The number of halogens is 3. The van der Waals surface area contributed by atoms with Gasteiger partial charge in [0.2, 0.25) is 5.91 Å². The van der Waals surface area contributed by atoms with Crippen LogP contribution in [0.5, 0.6) is 0 Å². The molecule has 0 saturated heterocycles. The first-order valence-electron chi connectivity index (χ1n) is 6.57. The van der Waals surface area contributed by atoms with Crippen molar-refractivity contribution in [1.29, 1.82) is 0 Å². The van der Waals surface area contributed by atoms with Crippen LogP contribution in [-0.4, -0.2) is 30.6 Å². The third kappa shape index (κ3) is 7.63. The highest BCUT2D eigenvalue weighted by Crippen LogP contribution is 2.12. The average Bonchev–Trinajstić information content (AvgIpc) is 2.48. The predicted molar refractivity (Wildman–Crippen MR) is 72.5 cm³/mol. The van der Waals surface area contributed by atoms with Gasteiger partial charge in [-0.1, -0.05) is 30.3 Å². The lowest BCUT2D eigenvalue weighted by Crippen LogP contribution is -2.36. The number of alkyl halides is 3. The van der Waals surface area contributed by atoms with Gasteiger partial charge in [-0.3, -0.25) is 9.59 Å². The molecule has 1 atom stereocenters. The fourth-order valence-electron chi connectivity index (χ4n) is 1.53. The summed E-state index contributed by atoms with van der Waals surface area (Å²) in [5.74, 6) is -1.52. The van der Waals surface area contributed by atoms with Gasteiger partial charge in [0.15, 0.2) is 0 Å². The number of ether oxygens (including phenoxy) is 1. The number of carbonyl (C=O) groups excluding carboxylic acids is 2. The van der Waals surface area contributed by atoms with Crippen LogP contribution in [0.1, 0.15) is 18.4 Å². The van der Waals surface area contributed by atoms with E-state index in [1.807, 2.05) is 6.07 Å². The maximum atomic E-state index is 11.9. The van der Waals surface area contributed by atoms with Crippen molar-refractivity contribution in [3.8, 4) is 0 Å². The molecule has 1 aromatic carbocycles. The largest absolute Gasteiger partial charge is 0.460 e. The number of hydrogen-bond acceptors (Lipinski definition) is 4. The molecule has 5 nitrogen and oxygen atoms in total. The molecule has 0 radical (unpaired) electrons. The lowest BCUT2D eigenvalue weighted by molar-refractivity contribution is -0.147. The molecule has 0 fully saturated rings. The van der Waals surface area contributed by atoms with Gasteiger partial charge < -0.3 is 15.8 Å². The quantitative estimate of drug-likeness (QED) is 0.747. The summed E-state index contributed by atoms with van der Waals surface area (Å²) in [6.07, 6.45) is -4.83. The van der Waals surface area contributed by atoms with Gasteiger partial charge >= 0.3 is 12.1 Å². The Balaban J connectivity index is 2.25. The SMILES string of the molecule is N[C@@H](CCC(=O)NCC(F)(F)F)C(=O)OCc1ccccc1. The van der Waals surface area contributed by atoms with Crippen molar-refractivity contribution in [3.63, 3.8) is 0 Å². The Bertz CT molecular complexity index is 492. The molecule has 0 bridgehead atoms. The normalized spacial score (nSPS) is 12.5. The molecule has 0 aliphatic rings. The highest BCUT2D eigenvalue weighted by atomic mass is 19.4. The molecule has 1 rings (SSSR count).